The fourth-order valence-corrected chi connectivity index (χ4v) is 3.75. The van der Waals surface area contributed by atoms with Crippen molar-refractivity contribution >= 4 is 28.6 Å². The monoisotopic (exact) mass is 427 g/mol. The molecular formula is C26H25N3O3. The number of nitrogen functional groups attached to an aromatic ring is 1. The topological polar surface area (TPSA) is 85.8 Å². The van der Waals surface area contributed by atoms with Crippen molar-refractivity contribution < 1.29 is 14.3 Å². The fourth-order valence-electron chi connectivity index (χ4n) is 3.75. The van der Waals surface area contributed by atoms with E-state index in [0.29, 0.717) is 29.1 Å². The number of carbonyl (C=O) groups excluding carboxylic acids is 2. The van der Waals surface area contributed by atoms with Crippen LogP contribution in [0.4, 0.5) is 11.4 Å². The number of nitrogens with two attached hydrogens (primary N) is 1. The Hall–Kier alpha value is -4.06. The molecule has 0 spiro atoms. The lowest BCUT2D eigenvalue weighted by atomic mass is 10.0. The van der Waals surface area contributed by atoms with Gasteiger partial charge in [-0.25, -0.2) is 0 Å². The van der Waals surface area contributed by atoms with Crippen LogP contribution in [-0.2, 0) is 0 Å². The fraction of sp³-hybridized carbons (Fsp3) is 0.154. The number of nitrogens with one attached hydrogen (secondary N) is 1. The summed E-state index contributed by atoms with van der Waals surface area (Å²) in [6, 6.07) is 18.1. The molecule has 6 nitrogen and oxygen atoms in total. The van der Waals surface area contributed by atoms with Crippen LogP contribution in [0.1, 0.15) is 44.5 Å². The van der Waals surface area contributed by atoms with Crippen molar-refractivity contribution in [3.63, 3.8) is 0 Å². The molecule has 6 heteroatoms. The van der Waals surface area contributed by atoms with Crippen molar-refractivity contribution in [3.05, 3.63) is 94.8 Å². The molecule has 4 rings (SSSR count). The number of benzene rings is 2. The number of ketones is 1. The normalized spacial score (nSPS) is 10.8. The number of para-hydroxylation sites is 2. The molecule has 0 unspecified atom stereocenters. The van der Waals surface area contributed by atoms with E-state index in [1.807, 2.05) is 51.1 Å². The molecule has 0 bridgehead atoms. The molecule has 0 saturated heterocycles. The molecule has 32 heavy (non-hydrogen) atoms. The maximum absolute atomic E-state index is 13.4. The van der Waals surface area contributed by atoms with E-state index in [1.54, 1.807) is 40.9 Å². The number of amides is 1. The highest BCUT2D eigenvalue weighted by atomic mass is 16.5. The molecule has 0 atom stereocenters. The lowest BCUT2D eigenvalue weighted by Crippen LogP contribution is -2.15. The maximum atomic E-state index is 13.4. The predicted octanol–water partition coefficient (Wildman–Crippen LogP) is 5.02. The van der Waals surface area contributed by atoms with Gasteiger partial charge in [0.1, 0.15) is 11.4 Å². The molecule has 3 N–H and O–H groups in total. The van der Waals surface area contributed by atoms with E-state index in [9.17, 15) is 9.59 Å². The number of aryl methyl sites for hydroxylation is 2. The first kappa shape index (κ1) is 21.2. The van der Waals surface area contributed by atoms with Crippen molar-refractivity contribution in [1.29, 1.82) is 0 Å². The van der Waals surface area contributed by atoms with Crippen molar-refractivity contribution in [2.24, 2.45) is 0 Å². The summed E-state index contributed by atoms with van der Waals surface area (Å²) < 4.78 is 7.29. The molecular weight excluding hydrogens is 402 g/mol. The van der Waals surface area contributed by atoms with E-state index in [1.165, 1.54) is 0 Å². The van der Waals surface area contributed by atoms with Gasteiger partial charge in [-0.15, -0.1) is 0 Å². The number of aromatic nitrogens is 1. The quantitative estimate of drug-likeness (QED) is 0.423. The van der Waals surface area contributed by atoms with Crippen LogP contribution < -0.4 is 15.8 Å². The zero-order valence-corrected chi connectivity index (χ0v) is 18.3. The summed E-state index contributed by atoms with van der Waals surface area (Å²) in [6.07, 6.45) is 1.74. The second-order valence-corrected chi connectivity index (χ2v) is 7.60. The third-order valence-electron chi connectivity index (χ3n) is 5.53. The summed E-state index contributed by atoms with van der Waals surface area (Å²) in [5.41, 5.74) is 10.8. The summed E-state index contributed by atoms with van der Waals surface area (Å²) in [5, 5.41) is 2.88. The number of hydrogen-bond donors (Lipinski definition) is 2. The Morgan fingerprint density at radius 2 is 1.75 bits per heavy atom. The molecule has 0 saturated carbocycles. The number of rotatable bonds is 6. The van der Waals surface area contributed by atoms with Crippen molar-refractivity contribution in [2.75, 3.05) is 17.7 Å². The van der Waals surface area contributed by atoms with E-state index in [4.69, 9.17) is 10.5 Å². The van der Waals surface area contributed by atoms with Gasteiger partial charge in [0.05, 0.1) is 29.1 Å². The smallest absolute Gasteiger partial charge is 0.260 e. The molecule has 2 aromatic heterocycles. The van der Waals surface area contributed by atoms with Gasteiger partial charge in [-0.2, -0.15) is 0 Å². The lowest BCUT2D eigenvalue weighted by Gasteiger charge is -2.11. The summed E-state index contributed by atoms with van der Waals surface area (Å²) in [4.78, 5) is 26.7. The summed E-state index contributed by atoms with van der Waals surface area (Å²) in [6.45, 7) is 6.30. The molecule has 4 aromatic rings. The van der Waals surface area contributed by atoms with Gasteiger partial charge in [-0.05, 0) is 62.2 Å². The number of pyridine rings is 1. The maximum Gasteiger partial charge on any atom is 0.260 e. The van der Waals surface area contributed by atoms with Gasteiger partial charge >= 0.3 is 0 Å². The van der Waals surface area contributed by atoms with Gasteiger partial charge in [0, 0.05) is 11.8 Å². The van der Waals surface area contributed by atoms with Crippen molar-refractivity contribution in [3.8, 4) is 5.75 Å². The molecule has 1 amide bonds. The van der Waals surface area contributed by atoms with E-state index in [0.717, 1.165) is 11.1 Å². The summed E-state index contributed by atoms with van der Waals surface area (Å²) >= 11 is 0. The number of carbonyl (C=O) groups is 2. The zero-order valence-electron chi connectivity index (χ0n) is 18.3. The van der Waals surface area contributed by atoms with Crippen LogP contribution in [0.15, 0.2) is 66.9 Å². The van der Waals surface area contributed by atoms with E-state index >= 15 is 0 Å². The predicted molar refractivity (Wildman–Crippen MR) is 127 cm³/mol. The first-order valence-corrected chi connectivity index (χ1v) is 10.5. The number of ether oxygens (including phenoxy) is 1. The first-order valence-electron chi connectivity index (χ1n) is 10.5. The standard InChI is InChI=1S/C26H25N3O3/c1-4-32-21-11-6-5-9-19(21)28-26(31)22-20-10-7-8-14-29(20)24(23(22)27)25(30)18-13-12-16(2)17(3)15-18/h5-15H,4,27H2,1-3H3,(H,28,31). The second kappa shape index (κ2) is 8.59. The minimum absolute atomic E-state index is 0.144. The lowest BCUT2D eigenvalue weighted by molar-refractivity contribution is 0.102. The summed E-state index contributed by atoms with van der Waals surface area (Å²) in [7, 11) is 0. The van der Waals surface area contributed by atoms with Crippen LogP contribution in [0.2, 0.25) is 0 Å². The third kappa shape index (κ3) is 3.71. The highest BCUT2D eigenvalue weighted by Gasteiger charge is 2.26. The third-order valence-corrected chi connectivity index (χ3v) is 5.53. The Bertz CT molecular complexity index is 1340. The van der Waals surface area contributed by atoms with Gasteiger partial charge < -0.3 is 20.2 Å². The molecule has 2 heterocycles. The number of nitrogens with zero attached hydrogens (tertiary/aromatic N) is 1. The highest BCUT2D eigenvalue weighted by molar-refractivity contribution is 6.20. The number of hydrogen-bond acceptors (Lipinski definition) is 4. The van der Waals surface area contributed by atoms with Crippen LogP contribution in [0.5, 0.6) is 5.75 Å². The Morgan fingerprint density at radius 3 is 2.50 bits per heavy atom. The zero-order chi connectivity index (χ0) is 22.8. The molecule has 0 radical (unpaired) electrons. The molecule has 2 aromatic carbocycles. The van der Waals surface area contributed by atoms with Gasteiger partial charge in [0.2, 0.25) is 5.78 Å². The van der Waals surface area contributed by atoms with E-state index in [2.05, 4.69) is 5.32 Å². The molecule has 0 fully saturated rings. The molecule has 162 valence electrons. The van der Waals surface area contributed by atoms with E-state index < -0.39 is 5.91 Å². The Kier molecular flexibility index (Phi) is 5.69. The van der Waals surface area contributed by atoms with Crippen molar-refractivity contribution in [1.82, 2.24) is 4.40 Å². The largest absolute Gasteiger partial charge is 0.492 e. The Morgan fingerprint density at radius 1 is 1.00 bits per heavy atom. The van der Waals surface area contributed by atoms with Gasteiger partial charge in [0.15, 0.2) is 0 Å². The Labute approximate surface area is 186 Å². The van der Waals surface area contributed by atoms with Crippen molar-refractivity contribution in [2.45, 2.75) is 20.8 Å². The van der Waals surface area contributed by atoms with Gasteiger partial charge in [-0.1, -0.05) is 30.3 Å². The molecule has 0 aliphatic rings. The Balaban J connectivity index is 1.80. The van der Waals surface area contributed by atoms with Crippen LogP contribution in [0.25, 0.3) is 5.52 Å². The van der Waals surface area contributed by atoms with Crippen LogP contribution in [-0.4, -0.2) is 22.7 Å². The first-order chi connectivity index (χ1) is 15.4. The van der Waals surface area contributed by atoms with Gasteiger partial charge in [0.25, 0.3) is 5.91 Å². The minimum Gasteiger partial charge on any atom is -0.492 e. The van der Waals surface area contributed by atoms with Crippen LogP contribution in [0, 0.1) is 13.8 Å². The van der Waals surface area contributed by atoms with E-state index in [-0.39, 0.29) is 22.7 Å². The van der Waals surface area contributed by atoms with Crippen LogP contribution in [0.3, 0.4) is 0 Å². The minimum atomic E-state index is -0.405. The average Bonchev–Trinajstić information content (AvgIpc) is 3.08. The van der Waals surface area contributed by atoms with Gasteiger partial charge in [-0.3, -0.25) is 9.59 Å². The number of anilines is 2. The second-order valence-electron chi connectivity index (χ2n) is 7.60. The highest BCUT2D eigenvalue weighted by Crippen LogP contribution is 2.31. The SMILES string of the molecule is CCOc1ccccc1NC(=O)c1c(N)c(C(=O)c2ccc(C)c(C)c2)n2ccccc12. The van der Waals surface area contributed by atoms with Crippen LogP contribution >= 0.6 is 0 Å². The molecule has 0 aliphatic carbocycles. The molecule has 0 aliphatic heterocycles. The summed E-state index contributed by atoms with van der Waals surface area (Å²) in [5.74, 6) is -0.0741. The average molecular weight is 428 g/mol. The number of fused-ring (bicyclic) bond motifs is 1.